The Bertz CT molecular complexity index is 1270. The molecule has 0 bridgehead atoms. The normalized spacial score (nSPS) is 11.2. The van der Waals surface area contributed by atoms with Gasteiger partial charge >= 0.3 is 0 Å². The predicted molar refractivity (Wildman–Crippen MR) is 126 cm³/mol. The second kappa shape index (κ2) is 9.83. The monoisotopic (exact) mass is 469 g/mol. The summed E-state index contributed by atoms with van der Waals surface area (Å²) < 4.78 is 40.3. The zero-order valence-corrected chi connectivity index (χ0v) is 19.2. The number of amides is 2. The SMILES string of the molecule is Cc1ccc(NC(=O)C(C)C)cc1NC(=O)c1ccc(NS(=O)(=O)c2ccc(F)cc2)cc1. The number of aryl methyl sites for hydroxylation is 1. The molecule has 0 aliphatic heterocycles. The van der Waals surface area contributed by atoms with E-state index in [1.54, 1.807) is 32.0 Å². The Labute approximate surface area is 192 Å². The molecule has 9 heteroatoms. The van der Waals surface area contributed by atoms with Crippen LogP contribution in [0.2, 0.25) is 0 Å². The summed E-state index contributed by atoms with van der Waals surface area (Å²) in [6.07, 6.45) is 0. The Morgan fingerprint density at radius 3 is 2.06 bits per heavy atom. The van der Waals surface area contributed by atoms with Gasteiger partial charge in [-0.3, -0.25) is 14.3 Å². The lowest BCUT2D eigenvalue weighted by atomic mass is 10.1. The highest BCUT2D eigenvalue weighted by Gasteiger charge is 2.15. The van der Waals surface area contributed by atoms with Crippen LogP contribution in [-0.4, -0.2) is 20.2 Å². The van der Waals surface area contributed by atoms with Gasteiger partial charge in [0.15, 0.2) is 0 Å². The number of carbonyl (C=O) groups excluding carboxylic acids is 2. The van der Waals surface area contributed by atoms with Crippen LogP contribution in [0, 0.1) is 18.7 Å². The van der Waals surface area contributed by atoms with E-state index in [1.165, 1.54) is 36.4 Å². The molecule has 0 aromatic heterocycles. The van der Waals surface area contributed by atoms with Crippen LogP contribution >= 0.6 is 0 Å². The molecule has 0 atom stereocenters. The molecule has 3 N–H and O–H groups in total. The first kappa shape index (κ1) is 23.9. The molecule has 3 aromatic rings. The molecule has 0 heterocycles. The zero-order valence-electron chi connectivity index (χ0n) is 18.3. The van der Waals surface area contributed by atoms with Crippen molar-refractivity contribution in [1.29, 1.82) is 0 Å². The summed E-state index contributed by atoms with van der Waals surface area (Å²) >= 11 is 0. The summed E-state index contributed by atoms with van der Waals surface area (Å²) in [6.45, 7) is 5.41. The Balaban J connectivity index is 1.70. The molecular formula is C24H24FN3O4S. The van der Waals surface area contributed by atoms with Crippen molar-refractivity contribution >= 4 is 38.9 Å². The van der Waals surface area contributed by atoms with Crippen LogP contribution < -0.4 is 15.4 Å². The van der Waals surface area contributed by atoms with Crippen molar-refractivity contribution in [2.75, 3.05) is 15.4 Å². The molecule has 0 aliphatic carbocycles. The number of rotatable bonds is 7. The summed E-state index contributed by atoms with van der Waals surface area (Å²) in [5, 5.41) is 5.60. The van der Waals surface area contributed by atoms with Gasteiger partial charge in [-0.25, -0.2) is 12.8 Å². The van der Waals surface area contributed by atoms with Gasteiger partial charge in [0.2, 0.25) is 5.91 Å². The summed E-state index contributed by atoms with van der Waals surface area (Å²) in [5.41, 5.74) is 2.50. The summed E-state index contributed by atoms with van der Waals surface area (Å²) in [7, 11) is -3.89. The summed E-state index contributed by atoms with van der Waals surface area (Å²) in [5.74, 6) is -1.23. The number of benzene rings is 3. The number of anilines is 3. The predicted octanol–water partition coefficient (Wildman–Crippen LogP) is 4.78. The van der Waals surface area contributed by atoms with Crippen molar-refractivity contribution in [3.63, 3.8) is 0 Å². The molecule has 0 radical (unpaired) electrons. The number of hydrogen-bond donors (Lipinski definition) is 3. The lowest BCUT2D eigenvalue weighted by molar-refractivity contribution is -0.118. The number of halogens is 1. The first-order valence-corrected chi connectivity index (χ1v) is 11.6. The van der Waals surface area contributed by atoms with E-state index in [1.807, 2.05) is 6.92 Å². The minimum Gasteiger partial charge on any atom is -0.326 e. The van der Waals surface area contributed by atoms with Gasteiger partial charge in [0.1, 0.15) is 5.82 Å². The lowest BCUT2D eigenvalue weighted by Gasteiger charge is -2.13. The third-order valence-corrected chi connectivity index (χ3v) is 6.20. The second-order valence-corrected chi connectivity index (χ2v) is 9.45. The van der Waals surface area contributed by atoms with E-state index in [2.05, 4.69) is 15.4 Å². The molecular weight excluding hydrogens is 445 g/mol. The van der Waals surface area contributed by atoms with Gasteiger partial charge < -0.3 is 10.6 Å². The zero-order chi connectivity index (χ0) is 24.2. The molecule has 0 fully saturated rings. The highest BCUT2D eigenvalue weighted by atomic mass is 32.2. The molecule has 3 rings (SSSR count). The van der Waals surface area contributed by atoms with Crippen LogP contribution in [0.3, 0.4) is 0 Å². The van der Waals surface area contributed by atoms with Crippen LogP contribution in [0.1, 0.15) is 29.8 Å². The van der Waals surface area contributed by atoms with Crippen molar-refractivity contribution < 1.29 is 22.4 Å². The van der Waals surface area contributed by atoms with Crippen LogP contribution in [0.15, 0.2) is 71.6 Å². The molecule has 7 nitrogen and oxygen atoms in total. The molecule has 0 saturated heterocycles. The fourth-order valence-corrected chi connectivity index (χ4v) is 3.89. The summed E-state index contributed by atoms with van der Waals surface area (Å²) in [6, 6.07) is 15.6. The minimum atomic E-state index is -3.89. The Hall–Kier alpha value is -3.72. The van der Waals surface area contributed by atoms with Crippen molar-refractivity contribution in [2.45, 2.75) is 25.7 Å². The van der Waals surface area contributed by atoms with Gasteiger partial charge in [-0.2, -0.15) is 0 Å². The maximum atomic E-state index is 13.0. The average molecular weight is 470 g/mol. The van der Waals surface area contributed by atoms with E-state index < -0.39 is 21.7 Å². The van der Waals surface area contributed by atoms with Crippen molar-refractivity contribution in [3.05, 3.63) is 83.7 Å². The molecule has 2 amide bonds. The maximum absolute atomic E-state index is 13.0. The average Bonchev–Trinajstić information content (AvgIpc) is 2.76. The van der Waals surface area contributed by atoms with Crippen molar-refractivity contribution in [3.8, 4) is 0 Å². The third kappa shape index (κ3) is 6.17. The van der Waals surface area contributed by atoms with Crippen LogP contribution in [0.4, 0.5) is 21.5 Å². The minimum absolute atomic E-state index is 0.0781. The molecule has 3 aromatic carbocycles. The van der Waals surface area contributed by atoms with Crippen molar-refractivity contribution in [2.24, 2.45) is 5.92 Å². The van der Waals surface area contributed by atoms with Crippen LogP contribution in [0.25, 0.3) is 0 Å². The first-order chi connectivity index (χ1) is 15.5. The Kier molecular flexibility index (Phi) is 7.13. The van der Waals surface area contributed by atoms with E-state index in [4.69, 9.17) is 0 Å². The first-order valence-electron chi connectivity index (χ1n) is 10.2. The smallest absolute Gasteiger partial charge is 0.261 e. The van der Waals surface area contributed by atoms with Gasteiger partial charge in [-0.15, -0.1) is 0 Å². The molecule has 172 valence electrons. The van der Waals surface area contributed by atoms with Crippen LogP contribution in [-0.2, 0) is 14.8 Å². The van der Waals surface area contributed by atoms with E-state index in [-0.39, 0.29) is 22.4 Å². The fourth-order valence-electron chi connectivity index (χ4n) is 2.83. The standard InChI is InChI=1S/C24H24FN3O4S/c1-15(2)23(29)26-20-9-4-16(3)22(14-20)27-24(30)17-5-10-19(11-6-17)28-33(31,32)21-12-7-18(25)8-13-21/h4-15,28H,1-3H3,(H,26,29)(H,27,30). The van der Waals surface area contributed by atoms with Gasteiger partial charge in [-0.05, 0) is 73.2 Å². The Morgan fingerprint density at radius 1 is 0.848 bits per heavy atom. The second-order valence-electron chi connectivity index (χ2n) is 7.76. The largest absolute Gasteiger partial charge is 0.326 e. The molecule has 33 heavy (non-hydrogen) atoms. The number of sulfonamides is 1. The topological polar surface area (TPSA) is 104 Å². The summed E-state index contributed by atoms with van der Waals surface area (Å²) in [4.78, 5) is 24.5. The van der Waals surface area contributed by atoms with Gasteiger partial charge in [0.05, 0.1) is 4.90 Å². The number of hydrogen-bond acceptors (Lipinski definition) is 4. The molecule has 0 aliphatic rings. The molecule has 0 saturated carbocycles. The maximum Gasteiger partial charge on any atom is 0.261 e. The van der Waals surface area contributed by atoms with Crippen molar-refractivity contribution in [1.82, 2.24) is 0 Å². The van der Waals surface area contributed by atoms with Crippen LogP contribution in [0.5, 0.6) is 0 Å². The van der Waals surface area contributed by atoms with E-state index >= 15 is 0 Å². The lowest BCUT2D eigenvalue weighted by Crippen LogP contribution is -2.18. The van der Waals surface area contributed by atoms with E-state index in [0.29, 0.717) is 16.9 Å². The number of nitrogens with one attached hydrogen (secondary N) is 3. The van der Waals surface area contributed by atoms with E-state index in [9.17, 15) is 22.4 Å². The molecule has 0 spiro atoms. The molecule has 0 unspecified atom stereocenters. The number of carbonyl (C=O) groups is 2. The van der Waals surface area contributed by atoms with Gasteiger partial charge in [0, 0.05) is 28.5 Å². The van der Waals surface area contributed by atoms with E-state index in [0.717, 1.165) is 17.7 Å². The highest BCUT2D eigenvalue weighted by Crippen LogP contribution is 2.22. The third-order valence-electron chi connectivity index (χ3n) is 4.80. The quantitative estimate of drug-likeness (QED) is 0.463. The highest BCUT2D eigenvalue weighted by molar-refractivity contribution is 7.92. The fraction of sp³-hybridized carbons (Fsp3) is 0.167. The van der Waals surface area contributed by atoms with Gasteiger partial charge in [0.25, 0.3) is 15.9 Å². The van der Waals surface area contributed by atoms with Gasteiger partial charge in [-0.1, -0.05) is 19.9 Å². The Morgan fingerprint density at radius 2 is 1.45 bits per heavy atom.